The van der Waals surface area contributed by atoms with Crippen molar-refractivity contribution in [1.29, 1.82) is 0 Å². The molecule has 1 rings (SSSR count). The maximum absolute atomic E-state index is 11.6. The lowest BCUT2D eigenvalue weighted by Gasteiger charge is -2.38. The first-order valence-electron chi connectivity index (χ1n) is 6.30. The molecule has 0 spiro atoms. The van der Waals surface area contributed by atoms with Crippen LogP contribution >= 0.6 is 0 Å². The molecule has 3 nitrogen and oxygen atoms in total. The van der Waals surface area contributed by atoms with E-state index >= 15 is 0 Å². The average Bonchev–Trinajstić information content (AvgIpc) is 2.12. The summed E-state index contributed by atoms with van der Waals surface area (Å²) in [6.07, 6.45) is 3.85. The molecule has 0 heterocycles. The summed E-state index contributed by atoms with van der Waals surface area (Å²) in [6.45, 7) is 8.60. The van der Waals surface area contributed by atoms with Gasteiger partial charge >= 0.3 is 5.97 Å². The van der Waals surface area contributed by atoms with Crippen molar-refractivity contribution in [2.24, 2.45) is 17.1 Å². The van der Waals surface area contributed by atoms with Crippen molar-refractivity contribution in [2.45, 2.75) is 65.5 Å². The van der Waals surface area contributed by atoms with Gasteiger partial charge in [-0.1, -0.05) is 27.7 Å². The van der Waals surface area contributed by atoms with Crippen molar-refractivity contribution in [3.05, 3.63) is 0 Å². The van der Waals surface area contributed by atoms with Crippen LogP contribution in [0.5, 0.6) is 0 Å². The molecule has 3 heteroatoms. The van der Waals surface area contributed by atoms with Crippen molar-refractivity contribution in [3.63, 3.8) is 0 Å². The van der Waals surface area contributed by atoms with E-state index in [9.17, 15) is 4.79 Å². The summed E-state index contributed by atoms with van der Waals surface area (Å²) in [5.41, 5.74) is 5.94. The zero-order chi connectivity index (χ0) is 12.3. The topological polar surface area (TPSA) is 52.3 Å². The highest BCUT2D eigenvalue weighted by Crippen LogP contribution is 2.39. The van der Waals surface area contributed by atoms with Crippen LogP contribution in [0.3, 0.4) is 0 Å². The second kappa shape index (κ2) is 5.17. The highest BCUT2D eigenvalue weighted by atomic mass is 16.5. The monoisotopic (exact) mass is 227 g/mol. The Morgan fingerprint density at radius 3 is 2.62 bits per heavy atom. The summed E-state index contributed by atoms with van der Waals surface area (Å²) >= 11 is 0. The maximum atomic E-state index is 11.6. The van der Waals surface area contributed by atoms with Crippen LogP contribution < -0.4 is 5.73 Å². The largest absolute Gasteiger partial charge is 0.461 e. The summed E-state index contributed by atoms with van der Waals surface area (Å²) in [7, 11) is 0. The summed E-state index contributed by atoms with van der Waals surface area (Å²) in [4.78, 5) is 11.6. The van der Waals surface area contributed by atoms with Crippen molar-refractivity contribution < 1.29 is 9.53 Å². The van der Waals surface area contributed by atoms with Crippen LogP contribution in [0.25, 0.3) is 0 Å². The Morgan fingerprint density at radius 1 is 1.50 bits per heavy atom. The molecule has 16 heavy (non-hydrogen) atoms. The number of hydrogen-bond acceptors (Lipinski definition) is 3. The number of ether oxygens (including phenoxy) is 1. The molecule has 3 atom stereocenters. The molecule has 1 saturated carbocycles. The number of carbonyl (C=O) groups excluding carboxylic acids is 1. The molecular weight excluding hydrogens is 202 g/mol. The molecule has 2 N–H and O–H groups in total. The van der Waals surface area contributed by atoms with Gasteiger partial charge in [0.15, 0.2) is 0 Å². The van der Waals surface area contributed by atoms with Crippen LogP contribution in [0.4, 0.5) is 0 Å². The van der Waals surface area contributed by atoms with Gasteiger partial charge in [-0.25, -0.2) is 0 Å². The zero-order valence-corrected chi connectivity index (χ0v) is 11.0. The van der Waals surface area contributed by atoms with Gasteiger partial charge in [0.2, 0.25) is 0 Å². The van der Waals surface area contributed by atoms with E-state index in [0.29, 0.717) is 12.3 Å². The SMILES string of the molecule is CC[C@H](N)C(=O)OC1CC(C)CC(C)(C)C1. The molecule has 2 unspecified atom stereocenters. The summed E-state index contributed by atoms with van der Waals surface area (Å²) < 4.78 is 5.49. The normalized spacial score (nSPS) is 30.8. The molecule has 0 bridgehead atoms. The maximum Gasteiger partial charge on any atom is 0.323 e. The molecule has 1 aliphatic carbocycles. The Hall–Kier alpha value is -0.570. The van der Waals surface area contributed by atoms with Gasteiger partial charge in [0.25, 0.3) is 0 Å². The fraction of sp³-hybridized carbons (Fsp3) is 0.923. The van der Waals surface area contributed by atoms with Gasteiger partial charge in [-0.05, 0) is 37.0 Å². The molecule has 0 saturated heterocycles. The van der Waals surface area contributed by atoms with Gasteiger partial charge in [-0.15, -0.1) is 0 Å². The lowest BCUT2D eigenvalue weighted by Crippen LogP contribution is -2.39. The van der Waals surface area contributed by atoms with Crippen molar-refractivity contribution in [1.82, 2.24) is 0 Å². The molecule has 94 valence electrons. The standard InChI is InChI=1S/C13H25NO2/c1-5-11(14)12(15)16-10-6-9(2)7-13(3,4)8-10/h9-11H,5-8,14H2,1-4H3/t9?,10?,11-/m0/s1. The van der Waals surface area contributed by atoms with Crippen molar-refractivity contribution in [2.75, 3.05) is 0 Å². The number of hydrogen-bond donors (Lipinski definition) is 1. The molecular formula is C13H25NO2. The van der Waals surface area contributed by atoms with Crippen molar-refractivity contribution >= 4 is 5.97 Å². The summed E-state index contributed by atoms with van der Waals surface area (Å²) in [5, 5.41) is 0. The van der Waals surface area contributed by atoms with E-state index in [1.807, 2.05) is 6.92 Å². The third-order valence-electron chi connectivity index (χ3n) is 3.37. The molecule has 1 aliphatic rings. The first-order valence-corrected chi connectivity index (χ1v) is 6.30. The van der Waals surface area contributed by atoms with Crippen LogP contribution in [-0.2, 0) is 9.53 Å². The minimum absolute atomic E-state index is 0.0591. The second-order valence-electron chi connectivity index (χ2n) is 5.99. The van der Waals surface area contributed by atoms with E-state index in [1.54, 1.807) is 0 Å². The van der Waals surface area contributed by atoms with E-state index < -0.39 is 6.04 Å². The fourth-order valence-electron chi connectivity index (χ4n) is 2.77. The van der Waals surface area contributed by atoms with E-state index in [2.05, 4.69) is 20.8 Å². The molecule has 1 fully saturated rings. The van der Waals surface area contributed by atoms with Crippen molar-refractivity contribution in [3.8, 4) is 0 Å². The molecule has 0 amide bonds. The highest BCUT2D eigenvalue weighted by molar-refractivity contribution is 5.75. The lowest BCUT2D eigenvalue weighted by molar-refractivity contribution is -0.155. The van der Waals surface area contributed by atoms with E-state index in [-0.39, 0.29) is 17.5 Å². The molecule has 0 aromatic rings. The third-order valence-corrected chi connectivity index (χ3v) is 3.37. The van der Waals surface area contributed by atoms with Crippen LogP contribution in [-0.4, -0.2) is 18.1 Å². The molecule has 0 radical (unpaired) electrons. The molecule has 0 aliphatic heterocycles. The van der Waals surface area contributed by atoms with Crippen LogP contribution in [0, 0.1) is 11.3 Å². The lowest BCUT2D eigenvalue weighted by atomic mass is 9.71. The first kappa shape index (κ1) is 13.5. The van der Waals surface area contributed by atoms with Crippen LogP contribution in [0.2, 0.25) is 0 Å². The quantitative estimate of drug-likeness (QED) is 0.754. The summed E-state index contributed by atoms with van der Waals surface area (Å²) in [6, 6.07) is -0.458. The van der Waals surface area contributed by atoms with Gasteiger partial charge in [0, 0.05) is 0 Å². The average molecular weight is 227 g/mol. The Morgan fingerprint density at radius 2 is 2.12 bits per heavy atom. The van der Waals surface area contributed by atoms with Gasteiger partial charge in [-0.3, -0.25) is 4.79 Å². The number of carbonyl (C=O) groups is 1. The molecule has 0 aromatic carbocycles. The molecule has 0 aromatic heterocycles. The van der Waals surface area contributed by atoms with Crippen LogP contribution in [0.1, 0.15) is 53.4 Å². The minimum atomic E-state index is -0.458. The Bertz CT molecular complexity index is 250. The minimum Gasteiger partial charge on any atom is -0.461 e. The third kappa shape index (κ3) is 3.78. The Balaban J connectivity index is 2.51. The predicted octanol–water partition coefficient (Wildman–Crippen LogP) is 2.48. The Kier molecular flexibility index (Phi) is 4.36. The van der Waals surface area contributed by atoms with Gasteiger partial charge in [0.1, 0.15) is 12.1 Å². The zero-order valence-electron chi connectivity index (χ0n) is 11.0. The van der Waals surface area contributed by atoms with Gasteiger partial charge in [0.05, 0.1) is 0 Å². The fourth-order valence-corrected chi connectivity index (χ4v) is 2.77. The number of nitrogens with two attached hydrogens (primary N) is 1. The first-order chi connectivity index (χ1) is 7.34. The second-order valence-corrected chi connectivity index (χ2v) is 5.99. The van der Waals surface area contributed by atoms with Crippen LogP contribution in [0.15, 0.2) is 0 Å². The number of rotatable bonds is 3. The predicted molar refractivity (Wildman–Crippen MR) is 64.9 cm³/mol. The Labute approximate surface area is 98.7 Å². The van der Waals surface area contributed by atoms with E-state index in [4.69, 9.17) is 10.5 Å². The smallest absolute Gasteiger partial charge is 0.323 e. The van der Waals surface area contributed by atoms with E-state index in [0.717, 1.165) is 12.8 Å². The summed E-state index contributed by atoms with van der Waals surface area (Å²) in [5.74, 6) is 0.386. The van der Waals surface area contributed by atoms with Gasteiger partial charge in [-0.2, -0.15) is 0 Å². The number of esters is 1. The van der Waals surface area contributed by atoms with E-state index in [1.165, 1.54) is 6.42 Å². The highest BCUT2D eigenvalue weighted by Gasteiger charge is 2.34. The van der Waals surface area contributed by atoms with Gasteiger partial charge < -0.3 is 10.5 Å².